The van der Waals surface area contributed by atoms with Gasteiger partial charge in [-0.25, -0.2) is 8.78 Å². The Kier molecular flexibility index (Phi) is 4.24. The zero-order chi connectivity index (χ0) is 14.7. The average molecular weight is 285 g/mol. The van der Waals surface area contributed by atoms with Crippen molar-refractivity contribution in [3.8, 4) is 5.75 Å². The Morgan fingerprint density at radius 1 is 0.900 bits per heavy atom. The molecule has 20 heavy (non-hydrogen) atoms. The molecule has 2 N–H and O–H groups in total. The lowest BCUT2D eigenvalue weighted by Gasteiger charge is -2.17. The van der Waals surface area contributed by atoms with E-state index < -0.39 is 24.3 Å². The van der Waals surface area contributed by atoms with Crippen LogP contribution in [0.2, 0.25) is 0 Å². The van der Waals surface area contributed by atoms with E-state index in [2.05, 4.69) is 4.74 Å². The molecule has 0 aliphatic rings. The van der Waals surface area contributed by atoms with Crippen LogP contribution in [0.1, 0.15) is 17.2 Å². The van der Waals surface area contributed by atoms with Crippen molar-refractivity contribution in [2.75, 3.05) is 0 Å². The third-order valence-electron chi connectivity index (χ3n) is 2.79. The summed E-state index contributed by atoms with van der Waals surface area (Å²) in [7, 11) is 0. The molecule has 0 aliphatic heterocycles. The Balaban J connectivity index is 2.43. The first-order chi connectivity index (χ1) is 9.50. The maximum absolute atomic E-state index is 13.7. The second-order valence-corrected chi connectivity index (χ2v) is 4.04. The van der Waals surface area contributed by atoms with Crippen molar-refractivity contribution in [2.24, 2.45) is 5.73 Å². The van der Waals surface area contributed by atoms with Gasteiger partial charge < -0.3 is 10.5 Å². The van der Waals surface area contributed by atoms with Gasteiger partial charge in [-0.3, -0.25) is 0 Å². The molecule has 1 atom stereocenters. The predicted octanol–water partition coefficient (Wildman–Crippen LogP) is 3.61. The molecule has 0 amide bonds. The van der Waals surface area contributed by atoms with E-state index in [0.717, 1.165) is 6.07 Å². The van der Waals surface area contributed by atoms with Crippen molar-refractivity contribution in [3.05, 3.63) is 65.2 Å². The fourth-order valence-corrected chi connectivity index (χ4v) is 1.87. The molecule has 0 saturated heterocycles. The highest BCUT2D eigenvalue weighted by Crippen LogP contribution is 2.31. The van der Waals surface area contributed by atoms with Crippen LogP contribution in [0.15, 0.2) is 42.5 Å². The molecule has 6 heteroatoms. The number of hydrogen-bond donors (Lipinski definition) is 1. The fourth-order valence-electron chi connectivity index (χ4n) is 1.87. The molecule has 0 fully saturated rings. The highest BCUT2D eigenvalue weighted by atomic mass is 19.3. The zero-order valence-corrected chi connectivity index (χ0v) is 10.2. The van der Waals surface area contributed by atoms with Gasteiger partial charge in [-0.15, -0.1) is 0 Å². The van der Waals surface area contributed by atoms with Gasteiger partial charge in [-0.1, -0.05) is 30.3 Å². The smallest absolute Gasteiger partial charge is 0.387 e. The van der Waals surface area contributed by atoms with E-state index in [1.165, 1.54) is 30.3 Å². The Morgan fingerprint density at radius 2 is 1.55 bits per heavy atom. The van der Waals surface area contributed by atoms with Crippen LogP contribution in [-0.4, -0.2) is 6.61 Å². The molecule has 0 spiro atoms. The Hall–Kier alpha value is -2.08. The molecule has 2 nitrogen and oxygen atoms in total. The summed E-state index contributed by atoms with van der Waals surface area (Å²) >= 11 is 0. The number of hydrogen-bond acceptors (Lipinski definition) is 2. The van der Waals surface area contributed by atoms with Gasteiger partial charge in [0, 0.05) is 11.1 Å². The molecule has 0 heterocycles. The highest BCUT2D eigenvalue weighted by Gasteiger charge is 2.20. The molecule has 2 rings (SSSR count). The van der Waals surface area contributed by atoms with Gasteiger partial charge in [0.25, 0.3) is 0 Å². The van der Waals surface area contributed by atoms with E-state index >= 15 is 0 Å². The minimum atomic E-state index is -3.03. The fraction of sp³-hybridized carbons (Fsp3) is 0.143. The molecule has 0 saturated carbocycles. The second kappa shape index (κ2) is 5.92. The number of benzene rings is 2. The number of nitrogens with two attached hydrogens (primary N) is 1. The molecule has 2 aromatic carbocycles. The highest BCUT2D eigenvalue weighted by molar-refractivity contribution is 5.41. The summed E-state index contributed by atoms with van der Waals surface area (Å²) in [6, 6.07) is 8.17. The summed E-state index contributed by atoms with van der Waals surface area (Å²) in [5, 5.41) is 0. The van der Waals surface area contributed by atoms with Crippen LogP contribution in [0.25, 0.3) is 0 Å². The number of halogens is 4. The van der Waals surface area contributed by atoms with Gasteiger partial charge in [0.2, 0.25) is 0 Å². The van der Waals surface area contributed by atoms with Crippen LogP contribution in [-0.2, 0) is 0 Å². The van der Waals surface area contributed by atoms with Crippen LogP contribution in [0.4, 0.5) is 17.6 Å². The summed E-state index contributed by atoms with van der Waals surface area (Å²) in [5.74, 6) is -2.32. The summed E-state index contributed by atoms with van der Waals surface area (Å²) in [4.78, 5) is 0. The van der Waals surface area contributed by atoms with Gasteiger partial charge in [0.15, 0.2) is 11.6 Å². The zero-order valence-electron chi connectivity index (χ0n) is 10.2. The van der Waals surface area contributed by atoms with Crippen molar-refractivity contribution < 1.29 is 22.3 Å². The lowest BCUT2D eigenvalue weighted by atomic mass is 9.98. The van der Waals surface area contributed by atoms with Crippen molar-refractivity contribution in [3.63, 3.8) is 0 Å². The lowest BCUT2D eigenvalue weighted by Crippen LogP contribution is -2.16. The molecule has 0 bridgehead atoms. The molecule has 0 aliphatic carbocycles. The first-order valence-corrected chi connectivity index (χ1v) is 5.74. The average Bonchev–Trinajstić information content (AvgIpc) is 2.41. The first kappa shape index (κ1) is 14.3. The number of alkyl halides is 2. The van der Waals surface area contributed by atoms with E-state index in [0.29, 0.717) is 0 Å². The van der Waals surface area contributed by atoms with Crippen molar-refractivity contribution in [2.45, 2.75) is 12.7 Å². The summed E-state index contributed by atoms with van der Waals surface area (Å²) in [6.45, 7) is -3.03. The first-order valence-electron chi connectivity index (χ1n) is 5.74. The van der Waals surface area contributed by atoms with Crippen LogP contribution >= 0.6 is 0 Å². The van der Waals surface area contributed by atoms with E-state index in [9.17, 15) is 17.6 Å². The maximum atomic E-state index is 13.7. The SMILES string of the molecule is NC(c1ccccc1OC(F)F)c1cccc(F)c1F. The Morgan fingerprint density at radius 3 is 2.25 bits per heavy atom. The summed E-state index contributed by atoms with van der Waals surface area (Å²) in [5.41, 5.74) is 5.85. The molecule has 2 aromatic rings. The molecule has 0 aromatic heterocycles. The quantitative estimate of drug-likeness (QED) is 0.871. The predicted molar refractivity (Wildman–Crippen MR) is 65.5 cm³/mol. The van der Waals surface area contributed by atoms with Gasteiger partial charge >= 0.3 is 6.61 Å². The molecular weight excluding hydrogens is 274 g/mol. The number of para-hydroxylation sites is 1. The van der Waals surface area contributed by atoms with Crippen LogP contribution in [0.3, 0.4) is 0 Å². The number of rotatable bonds is 4. The van der Waals surface area contributed by atoms with Crippen LogP contribution in [0, 0.1) is 11.6 Å². The van der Waals surface area contributed by atoms with Crippen molar-refractivity contribution >= 4 is 0 Å². The van der Waals surface area contributed by atoms with Gasteiger partial charge in [0.1, 0.15) is 5.75 Å². The molecular formula is C14H11F4NO. The minimum absolute atomic E-state index is 0.129. The van der Waals surface area contributed by atoms with Gasteiger partial charge in [-0.2, -0.15) is 8.78 Å². The standard InChI is InChI=1S/C14H11F4NO/c15-10-6-3-5-9(12(10)16)13(19)8-4-1-2-7-11(8)20-14(17)18/h1-7,13-14H,19H2. The third-order valence-corrected chi connectivity index (χ3v) is 2.79. The van der Waals surface area contributed by atoms with E-state index in [4.69, 9.17) is 5.73 Å². The van der Waals surface area contributed by atoms with E-state index in [1.54, 1.807) is 6.07 Å². The lowest BCUT2D eigenvalue weighted by molar-refractivity contribution is -0.0505. The van der Waals surface area contributed by atoms with Crippen molar-refractivity contribution in [1.29, 1.82) is 0 Å². The van der Waals surface area contributed by atoms with Gasteiger partial charge in [0.05, 0.1) is 6.04 Å². The van der Waals surface area contributed by atoms with Crippen LogP contribution < -0.4 is 10.5 Å². The Bertz CT molecular complexity index is 603. The van der Waals surface area contributed by atoms with Gasteiger partial charge in [-0.05, 0) is 12.1 Å². The maximum Gasteiger partial charge on any atom is 0.387 e. The number of ether oxygens (including phenoxy) is 1. The van der Waals surface area contributed by atoms with E-state index in [-0.39, 0.29) is 16.9 Å². The van der Waals surface area contributed by atoms with Crippen molar-refractivity contribution in [1.82, 2.24) is 0 Å². The third kappa shape index (κ3) is 2.91. The molecule has 1 unspecified atom stereocenters. The topological polar surface area (TPSA) is 35.2 Å². The largest absolute Gasteiger partial charge is 0.434 e. The molecule has 106 valence electrons. The molecule has 0 radical (unpaired) electrons. The summed E-state index contributed by atoms with van der Waals surface area (Å²) in [6.07, 6.45) is 0. The Labute approximate surface area is 112 Å². The summed E-state index contributed by atoms with van der Waals surface area (Å²) < 4.78 is 55.8. The normalized spacial score (nSPS) is 12.5. The monoisotopic (exact) mass is 285 g/mol. The van der Waals surface area contributed by atoms with Crippen LogP contribution in [0.5, 0.6) is 5.75 Å². The minimum Gasteiger partial charge on any atom is -0.434 e. The van der Waals surface area contributed by atoms with E-state index in [1.807, 2.05) is 0 Å². The second-order valence-electron chi connectivity index (χ2n) is 4.04.